The van der Waals surface area contributed by atoms with Crippen molar-refractivity contribution in [2.45, 2.75) is 12.8 Å². The Balaban J connectivity index is 1.98. The Kier molecular flexibility index (Phi) is 4.36. The van der Waals surface area contributed by atoms with Crippen LogP contribution in [0.3, 0.4) is 0 Å². The molecule has 0 saturated heterocycles. The van der Waals surface area contributed by atoms with E-state index >= 15 is 0 Å². The molecule has 0 radical (unpaired) electrons. The van der Waals surface area contributed by atoms with Crippen molar-refractivity contribution in [3.63, 3.8) is 0 Å². The number of benzene rings is 2. The van der Waals surface area contributed by atoms with Gasteiger partial charge in [0.2, 0.25) is 5.91 Å². The van der Waals surface area contributed by atoms with Crippen LogP contribution < -0.4 is 5.32 Å². The molecule has 0 aliphatic carbocycles. The van der Waals surface area contributed by atoms with E-state index in [1.54, 1.807) is 49.4 Å². The topological polar surface area (TPSA) is 67.8 Å². The van der Waals surface area contributed by atoms with Gasteiger partial charge < -0.3 is 10.1 Å². The van der Waals surface area contributed by atoms with E-state index in [2.05, 4.69) is 10.3 Å². The minimum absolute atomic E-state index is 0.165. The van der Waals surface area contributed by atoms with Crippen molar-refractivity contribution < 1.29 is 14.3 Å². The van der Waals surface area contributed by atoms with E-state index < -0.39 is 11.9 Å². The first-order chi connectivity index (χ1) is 11.5. The van der Waals surface area contributed by atoms with Gasteiger partial charge in [-0.25, -0.2) is 4.79 Å². The number of amides is 1. The minimum atomic E-state index is -0.541. The average molecular weight is 343 g/mol. The van der Waals surface area contributed by atoms with Gasteiger partial charge in [0.1, 0.15) is 5.92 Å². The second-order valence-corrected chi connectivity index (χ2v) is 5.88. The number of hydrogen-bond donors (Lipinski definition) is 1. The number of rotatable bonds is 3. The summed E-state index contributed by atoms with van der Waals surface area (Å²) < 4.78 is 4.74. The molecule has 122 valence electrons. The fourth-order valence-electron chi connectivity index (χ4n) is 2.70. The number of carbonyl (C=O) groups is 2. The first-order valence-electron chi connectivity index (χ1n) is 7.33. The monoisotopic (exact) mass is 342 g/mol. The molecule has 1 heterocycles. The molecule has 1 aliphatic heterocycles. The molecule has 2 aromatic carbocycles. The highest BCUT2D eigenvalue weighted by Crippen LogP contribution is 2.35. The zero-order valence-corrected chi connectivity index (χ0v) is 13.9. The maximum Gasteiger partial charge on any atom is 0.337 e. The molecule has 24 heavy (non-hydrogen) atoms. The fourth-order valence-corrected chi connectivity index (χ4v) is 2.83. The van der Waals surface area contributed by atoms with Gasteiger partial charge >= 0.3 is 5.97 Å². The Morgan fingerprint density at radius 2 is 1.92 bits per heavy atom. The Morgan fingerprint density at radius 1 is 1.21 bits per heavy atom. The van der Waals surface area contributed by atoms with Gasteiger partial charge in [0.15, 0.2) is 0 Å². The number of methoxy groups -OCH3 is 1. The lowest BCUT2D eigenvalue weighted by atomic mass is 9.94. The third-order valence-corrected chi connectivity index (χ3v) is 4.11. The summed E-state index contributed by atoms with van der Waals surface area (Å²) in [5, 5.41) is 3.44. The molecular formula is C18H15ClN2O3. The number of carbonyl (C=O) groups excluding carboxylic acids is 2. The predicted octanol–water partition coefficient (Wildman–Crippen LogP) is 3.95. The summed E-state index contributed by atoms with van der Waals surface area (Å²) in [4.78, 5) is 28.6. The molecular weight excluding hydrogens is 328 g/mol. The predicted molar refractivity (Wildman–Crippen MR) is 93.4 cm³/mol. The molecule has 1 amide bonds. The highest BCUT2D eigenvalue weighted by Gasteiger charge is 2.33. The molecule has 5 nitrogen and oxygen atoms in total. The van der Waals surface area contributed by atoms with Crippen LogP contribution in [0, 0.1) is 0 Å². The van der Waals surface area contributed by atoms with Gasteiger partial charge in [0.25, 0.3) is 0 Å². The van der Waals surface area contributed by atoms with Crippen molar-refractivity contribution in [3.05, 3.63) is 58.6 Å². The minimum Gasteiger partial charge on any atom is -0.465 e. The summed E-state index contributed by atoms with van der Waals surface area (Å²) in [6.07, 6.45) is 0. The Bertz CT molecular complexity index is 844. The Morgan fingerprint density at radius 3 is 2.58 bits per heavy atom. The van der Waals surface area contributed by atoms with Gasteiger partial charge in [0, 0.05) is 16.4 Å². The SMILES string of the molecule is COC(=O)c1ccc2c(c1)C(C(C)=Nc1ccc(Cl)cc1)C(=O)N2. The number of ether oxygens (including phenoxy) is 1. The normalized spacial score (nSPS) is 16.5. The smallest absolute Gasteiger partial charge is 0.337 e. The number of fused-ring (bicyclic) bond motifs is 1. The molecule has 1 aliphatic rings. The van der Waals surface area contributed by atoms with E-state index in [-0.39, 0.29) is 5.91 Å². The maximum absolute atomic E-state index is 12.3. The van der Waals surface area contributed by atoms with Crippen molar-refractivity contribution >= 4 is 40.6 Å². The molecule has 0 aromatic heterocycles. The standard InChI is InChI=1S/C18H15ClN2O3/c1-10(20-13-6-4-12(19)5-7-13)16-14-9-11(18(23)24-2)3-8-15(14)21-17(16)22/h3-9,16H,1-2H3,(H,21,22). The fraction of sp³-hybridized carbons (Fsp3) is 0.167. The highest BCUT2D eigenvalue weighted by atomic mass is 35.5. The summed E-state index contributed by atoms with van der Waals surface area (Å²) in [5.74, 6) is -1.15. The molecule has 0 spiro atoms. The number of halogens is 1. The van der Waals surface area contributed by atoms with Crippen LogP contribution in [0.2, 0.25) is 5.02 Å². The third-order valence-electron chi connectivity index (χ3n) is 3.85. The number of aliphatic imine (C=N–C) groups is 1. The number of anilines is 1. The second kappa shape index (κ2) is 6.45. The molecule has 1 N–H and O–H groups in total. The number of nitrogens with zero attached hydrogens (tertiary/aromatic N) is 1. The molecule has 1 atom stereocenters. The van der Waals surface area contributed by atoms with Crippen LogP contribution in [-0.2, 0) is 9.53 Å². The van der Waals surface area contributed by atoms with Crippen molar-refractivity contribution in [2.75, 3.05) is 12.4 Å². The molecule has 0 saturated carbocycles. The van der Waals surface area contributed by atoms with Crippen LogP contribution in [-0.4, -0.2) is 24.7 Å². The van der Waals surface area contributed by atoms with E-state index in [9.17, 15) is 9.59 Å². The molecule has 1 unspecified atom stereocenters. The lowest BCUT2D eigenvalue weighted by molar-refractivity contribution is -0.115. The van der Waals surface area contributed by atoms with E-state index in [0.717, 1.165) is 5.56 Å². The lowest BCUT2D eigenvalue weighted by Gasteiger charge is -2.10. The van der Waals surface area contributed by atoms with Gasteiger partial charge in [-0.2, -0.15) is 0 Å². The molecule has 6 heteroatoms. The lowest BCUT2D eigenvalue weighted by Crippen LogP contribution is -2.18. The number of hydrogen-bond acceptors (Lipinski definition) is 4. The van der Waals surface area contributed by atoms with Crippen molar-refractivity contribution in [3.8, 4) is 0 Å². The van der Waals surface area contributed by atoms with Gasteiger partial charge in [-0.1, -0.05) is 11.6 Å². The first kappa shape index (κ1) is 16.2. The van der Waals surface area contributed by atoms with Gasteiger partial charge in [0.05, 0.1) is 18.4 Å². The zero-order valence-electron chi connectivity index (χ0n) is 13.2. The number of esters is 1. The van der Waals surface area contributed by atoms with E-state index in [0.29, 0.717) is 27.7 Å². The summed E-state index contributed by atoms with van der Waals surface area (Å²) in [6.45, 7) is 1.79. The van der Waals surface area contributed by atoms with E-state index in [1.165, 1.54) is 7.11 Å². The van der Waals surface area contributed by atoms with Gasteiger partial charge in [-0.3, -0.25) is 9.79 Å². The largest absolute Gasteiger partial charge is 0.465 e. The summed E-state index contributed by atoms with van der Waals surface area (Å²) in [7, 11) is 1.32. The van der Waals surface area contributed by atoms with Crippen LogP contribution in [0.4, 0.5) is 11.4 Å². The summed E-state index contributed by atoms with van der Waals surface area (Å²) in [6, 6.07) is 12.0. The van der Waals surface area contributed by atoms with Crippen LogP contribution in [0.25, 0.3) is 0 Å². The molecule has 2 aromatic rings. The van der Waals surface area contributed by atoms with Gasteiger partial charge in [-0.15, -0.1) is 0 Å². The van der Waals surface area contributed by atoms with Gasteiger partial charge in [-0.05, 0) is 55.0 Å². The quantitative estimate of drug-likeness (QED) is 0.678. The van der Waals surface area contributed by atoms with Crippen LogP contribution in [0.5, 0.6) is 0 Å². The summed E-state index contributed by atoms with van der Waals surface area (Å²) >= 11 is 5.87. The summed E-state index contributed by atoms with van der Waals surface area (Å²) in [5.41, 5.74) is 3.15. The second-order valence-electron chi connectivity index (χ2n) is 5.45. The van der Waals surface area contributed by atoms with Crippen LogP contribution in [0.15, 0.2) is 47.5 Å². The zero-order chi connectivity index (χ0) is 17.3. The van der Waals surface area contributed by atoms with Crippen LogP contribution >= 0.6 is 11.6 Å². The van der Waals surface area contributed by atoms with E-state index in [1.807, 2.05) is 0 Å². The molecule has 0 fully saturated rings. The van der Waals surface area contributed by atoms with Crippen LogP contribution in [0.1, 0.15) is 28.8 Å². The van der Waals surface area contributed by atoms with Crippen molar-refractivity contribution in [1.29, 1.82) is 0 Å². The maximum atomic E-state index is 12.3. The van der Waals surface area contributed by atoms with E-state index in [4.69, 9.17) is 16.3 Å². The molecule has 3 rings (SSSR count). The number of nitrogens with one attached hydrogen (secondary N) is 1. The van der Waals surface area contributed by atoms with Crippen molar-refractivity contribution in [1.82, 2.24) is 0 Å². The average Bonchev–Trinajstić information content (AvgIpc) is 2.91. The first-order valence-corrected chi connectivity index (χ1v) is 7.71. The highest BCUT2D eigenvalue weighted by molar-refractivity contribution is 6.30. The molecule has 0 bridgehead atoms. The Hall–Kier alpha value is -2.66. The van der Waals surface area contributed by atoms with Crippen molar-refractivity contribution in [2.24, 2.45) is 4.99 Å². The Labute approximate surface area is 144 Å². The third kappa shape index (κ3) is 3.03.